The molecule has 126 valence electrons. The van der Waals surface area contributed by atoms with E-state index in [1.54, 1.807) is 19.1 Å². The van der Waals surface area contributed by atoms with Crippen LogP contribution in [-0.4, -0.2) is 28.2 Å². The van der Waals surface area contributed by atoms with Crippen molar-refractivity contribution in [2.45, 2.75) is 45.6 Å². The molecule has 1 fully saturated rings. The Labute approximate surface area is 141 Å². The summed E-state index contributed by atoms with van der Waals surface area (Å²) >= 11 is 0. The van der Waals surface area contributed by atoms with Gasteiger partial charge < -0.3 is 5.32 Å². The van der Waals surface area contributed by atoms with Crippen molar-refractivity contribution >= 4 is 17.7 Å². The molecule has 2 heterocycles. The third-order valence-electron chi connectivity index (χ3n) is 4.82. The van der Waals surface area contributed by atoms with E-state index < -0.39 is 5.54 Å². The molecule has 0 saturated carbocycles. The van der Waals surface area contributed by atoms with Gasteiger partial charge in [-0.05, 0) is 43.7 Å². The summed E-state index contributed by atoms with van der Waals surface area (Å²) in [6.07, 6.45) is 1.66. The first-order valence-electron chi connectivity index (χ1n) is 8.25. The lowest BCUT2D eigenvalue weighted by Gasteiger charge is -2.39. The number of allylic oxidation sites excluding steroid dienone is 1. The second-order valence-electron chi connectivity index (χ2n) is 7.21. The summed E-state index contributed by atoms with van der Waals surface area (Å²) in [6, 6.07) is 5.36. The van der Waals surface area contributed by atoms with E-state index in [-0.39, 0.29) is 17.7 Å². The van der Waals surface area contributed by atoms with Crippen LogP contribution in [0.1, 0.15) is 59.9 Å². The maximum atomic E-state index is 13.0. The van der Waals surface area contributed by atoms with Gasteiger partial charge in [-0.25, -0.2) is 0 Å². The number of hydrogen-bond donors (Lipinski definition) is 1. The molecule has 1 unspecified atom stereocenters. The summed E-state index contributed by atoms with van der Waals surface area (Å²) < 4.78 is 0. The molecule has 0 spiro atoms. The van der Waals surface area contributed by atoms with E-state index in [2.05, 4.69) is 25.7 Å². The molecule has 1 atom stereocenters. The molecule has 0 aliphatic carbocycles. The van der Waals surface area contributed by atoms with Crippen molar-refractivity contribution in [3.05, 3.63) is 47.2 Å². The standard InChI is InChI=1S/C19H22N2O3/c1-11(2)10-13-6-5-7-14-15(13)17(23)21(16(14)22)19(4)9-8-12(3)20-18(19)24/h5-7,11H,3,8-10H2,1-2,4H3,(H,20,24). The van der Waals surface area contributed by atoms with Crippen molar-refractivity contribution in [1.82, 2.24) is 10.2 Å². The summed E-state index contributed by atoms with van der Waals surface area (Å²) in [7, 11) is 0. The van der Waals surface area contributed by atoms with Crippen LogP contribution in [0.4, 0.5) is 0 Å². The molecule has 2 aliphatic rings. The molecule has 5 heteroatoms. The van der Waals surface area contributed by atoms with Crippen LogP contribution in [0.2, 0.25) is 0 Å². The summed E-state index contributed by atoms with van der Waals surface area (Å²) in [5, 5.41) is 2.68. The fourth-order valence-electron chi connectivity index (χ4n) is 3.49. The van der Waals surface area contributed by atoms with E-state index in [4.69, 9.17) is 0 Å². The van der Waals surface area contributed by atoms with Gasteiger partial charge in [-0.2, -0.15) is 0 Å². The molecule has 5 nitrogen and oxygen atoms in total. The van der Waals surface area contributed by atoms with Crippen molar-refractivity contribution in [3.8, 4) is 0 Å². The SMILES string of the molecule is C=C1CCC(C)(N2C(=O)c3cccc(CC(C)C)c3C2=O)C(=O)N1. The van der Waals surface area contributed by atoms with Crippen LogP contribution < -0.4 is 5.32 Å². The Morgan fingerprint density at radius 2 is 1.96 bits per heavy atom. The Morgan fingerprint density at radius 1 is 1.25 bits per heavy atom. The normalized spacial score (nSPS) is 23.8. The molecule has 0 radical (unpaired) electrons. The topological polar surface area (TPSA) is 66.5 Å². The van der Waals surface area contributed by atoms with Crippen LogP contribution in [0, 0.1) is 5.92 Å². The molecule has 1 N–H and O–H groups in total. The Kier molecular flexibility index (Phi) is 3.82. The molecule has 1 aromatic carbocycles. The van der Waals surface area contributed by atoms with Crippen molar-refractivity contribution in [2.75, 3.05) is 0 Å². The molecule has 2 aliphatic heterocycles. The molecule has 0 bridgehead atoms. The van der Waals surface area contributed by atoms with Gasteiger partial charge in [0, 0.05) is 5.70 Å². The first kappa shape index (κ1) is 16.4. The van der Waals surface area contributed by atoms with Gasteiger partial charge in [0.05, 0.1) is 11.1 Å². The van der Waals surface area contributed by atoms with Crippen LogP contribution in [0.3, 0.4) is 0 Å². The molecule has 1 aromatic rings. The highest BCUT2D eigenvalue weighted by molar-refractivity contribution is 6.24. The molecular formula is C19H22N2O3. The van der Waals surface area contributed by atoms with E-state index in [0.717, 1.165) is 16.9 Å². The zero-order valence-corrected chi connectivity index (χ0v) is 14.3. The van der Waals surface area contributed by atoms with Crippen LogP contribution in [0.5, 0.6) is 0 Å². The zero-order valence-electron chi connectivity index (χ0n) is 14.3. The van der Waals surface area contributed by atoms with Gasteiger partial charge in [0.2, 0.25) is 5.91 Å². The van der Waals surface area contributed by atoms with Gasteiger partial charge in [-0.15, -0.1) is 0 Å². The van der Waals surface area contributed by atoms with E-state index in [1.807, 2.05) is 6.07 Å². The number of nitrogens with zero attached hydrogens (tertiary/aromatic N) is 1. The molecule has 24 heavy (non-hydrogen) atoms. The van der Waals surface area contributed by atoms with Gasteiger partial charge in [0.15, 0.2) is 0 Å². The lowest BCUT2D eigenvalue weighted by Crippen LogP contribution is -2.61. The average molecular weight is 326 g/mol. The number of amides is 3. The Bertz CT molecular complexity index is 766. The summed E-state index contributed by atoms with van der Waals surface area (Å²) in [5.41, 5.74) is 1.16. The summed E-state index contributed by atoms with van der Waals surface area (Å²) in [6.45, 7) is 9.55. The molecule has 0 aromatic heterocycles. The zero-order chi connectivity index (χ0) is 17.6. The second kappa shape index (κ2) is 5.58. The van der Waals surface area contributed by atoms with Crippen molar-refractivity contribution in [2.24, 2.45) is 5.92 Å². The predicted octanol–water partition coefficient (Wildman–Crippen LogP) is 2.66. The monoisotopic (exact) mass is 326 g/mol. The largest absolute Gasteiger partial charge is 0.328 e. The highest BCUT2D eigenvalue weighted by Crippen LogP contribution is 2.36. The van der Waals surface area contributed by atoms with Gasteiger partial charge in [-0.3, -0.25) is 19.3 Å². The lowest BCUT2D eigenvalue weighted by molar-refractivity contribution is -0.131. The van der Waals surface area contributed by atoms with Crippen LogP contribution in [0.25, 0.3) is 0 Å². The van der Waals surface area contributed by atoms with Crippen molar-refractivity contribution in [1.29, 1.82) is 0 Å². The van der Waals surface area contributed by atoms with Gasteiger partial charge in [0.1, 0.15) is 5.54 Å². The minimum atomic E-state index is -1.18. The molecule has 3 amide bonds. The first-order valence-corrected chi connectivity index (χ1v) is 8.25. The van der Waals surface area contributed by atoms with Crippen molar-refractivity contribution < 1.29 is 14.4 Å². The fourth-order valence-corrected chi connectivity index (χ4v) is 3.49. The minimum absolute atomic E-state index is 0.348. The predicted molar refractivity (Wildman–Crippen MR) is 90.4 cm³/mol. The van der Waals surface area contributed by atoms with E-state index in [0.29, 0.717) is 35.6 Å². The van der Waals surface area contributed by atoms with Crippen molar-refractivity contribution in [3.63, 3.8) is 0 Å². The van der Waals surface area contributed by atoms with Crippen LogP contribution in [0.15, 0.2) is 30.5 Å². The molecular weight excluding hydrogens is 304 g/mol. The Morgan fingerprint density at radius 3 is 2.58 bits per heavy atom. The van der Waals surface area contributed by atoms with Crippen LogP contribution in [-0.2, 0) is 11.2 Å². The van der Waals surface area contributed by atoms with Gasteiger partial charge >= 0.3 is 0 Å². The number of imide groups is 1. The third-order valence-corrected chi connectivity index (χ3v) is 4.82. The number of nitrogens with one attached hydrogen (secondary N) is 1. The number of piperidine rings is 1. The Balaban J connectivity index is 2.04. The molecule has 1 saturated heterocycles. The fraction of sp³-hybridized carbons (Fsp3) is 0.421. The van der Waals surface area contributed by atoms with E-state index in [1.165, 1.54) is 0 Å². The summed E-state index contributed by atoms with van der Waals surface area (Å²) in [5.74, 6) is -0.730. The van der Waals surface area contributed by atoms with Crippen LogP contribution >= 0.6 is 0 Å². The summed E-state index contributed by atoms with van der Waals surface area (Å²) in [4.78, 5) is 39.6. The number of fused-ring (bicyclic) bond motifs is 1. The van der Waals surface area contributed by atoms with Gasteiger partial charge in [0.25, 0.3) is 11.8 Å². The average Bonchev–Trinajstić information content (AvgIpc) is 2.76. The highest BCUT2D eigenvalue weighted by atomic mass is 16.2. The van der Waals surface area contributed by atoms with E-state index in [9.17, 15) is 14.4 Å². The number of benzene rings is 1. The van der Waals surface area contributed by atoms with E-state index >= 15 is 0 Å². The first-order chi connectivity index (χ1) is 11.3. The minimum Gasteiger partial charge on any atom is -0.328 e. The number of rotatable bonds is 3. The Hall–Kier alpha value is -2.43. The van der Waals surface area contributed by atoms with Gasteiger partial charge in [-0.1, -0.05) is 32.6 Å². The maximum absolute atomic E-state index is 13.0. The molecule has 3 rings (SSSR count). The lowest BCUT2D eigenvalue weighted by atomic mass is 9.88. The maximum Gasteiger partial charge on any atom is 0.262 e. The smallest absolute Gasteiger partial charge is 0.262 e. The number of carbonyl (C=O) groups excluding carboxylic acids is 3. The second-order valence-corrected chi connectivity index (χ2v) is 7.21. The third kappa shape index (κ3) is 2.35. The number of carbonyl (C=O) groups is 3. The number of hydrogen-bond acceptors (Lipinski definition) is 3. The highest BCUT2D eigenvalue weighted by Gasteiger charge is 2.52. The quantitative estimate of drug-likeness (QED) is 0.869.